The maximum absolute atomic E-state index is 12.6. The van der Waals surface area contributed by atoms with E-state index in [2.05, 4.69) is 15.6 Å². The second kappa shape index (κ2) is 7.79. The van der Waals surface area contributed by atoms with Gasteiger partial charge in [0.1, 0.15) is 11.5 Å². The Balaban J connectivity index is 1.41. The van der Waals surface area contributed by atoms with Gasteiger partial charge in [-0.1, -0.05) is 18.2 Å². The molecule has 1 aromatic heterocycles. The van der Waals surface area contributed by atoms with E-state index in [1.54, 1.807) is 31.5 Å². The van der Waals surface area contributed by atoms with E-state index in [1.165, 1.54) is 7.11 Å². The fourth-order valence-corrected chi connectivity index (χ4v) is 3.33. The van der Waals surface area contributed by atoms with Crippen LogP contribution in [0, 0.1) is 11.8 Å². The number of pyridine rings is 1. The number of amides is 2. The molecule has 1 heterocycles. The topological polar surface area (TPSA) is 89.5 Å². The van der Waals surface area contributed by atoms with Crippen LogP contribution in [0.25, 0.3) is 10.9 Å². The van der Waals surface area contributed by atoms with Crippen molar-refractivity contribution in [2.75, 3.05) is 24.9 Å². The number of hydrogen-bond donors (Lipinski definition) is 2. The quantitative estimate of drug-likeness (QED) is 0.672. The lowest BCUT2D eigenvalue weighted by atomic mass is 10.2. The summed E-state index contributed by atoms with van der Waals surface area (Å²) >= 11 is 0. The highest BCUT2D eigenvalue weighted by atomic mass is 16.5. The molecule has 1 aliphatic rings. The van der Waals surface area contributed by atoms with Gasteiger partial charge in [-0.3, -0.25) is 14.6 Å². The molecular weight excluding hydrogens is 370 g/mol. The summed E-state index contributed by atoms with van der Waals surface area (Å²) < 4.78 is 10.5. The van der Waals surface area contributed by atoms with E-state index in [1.807, 2.05) is 30.3 Å². The van der Waals surface area contributed by atoms with Gasteiger partial charge in [-0.25, -0.2) is 0 Å². The van der Waals surface area contributed by atoms with Gasteiger partial charge >= 0.3 is 0 Å². The Labute approximate surface area is 168 Å². The number of carbonyl (C=O) groups excluding carboxylic acids is 2. The summed E-state index contributed by atoms with van der Waals surface area (Å²) in [5.74, 6) is 0.0195. The third-order valence-electron chi connectivity index (χ3n) is 5.02. The number of rotatable bonds is 6. The zero-order valence-electron chi connectivity index (χ0n) is 16.1. The SMILES string of the molecule is COc1ccc(NC(=O)C2CC2C(=O)Nc2cccc3cccnc23)c(OC)c1. The van der Waals surface area contributed by atoms with Gasteiger partial charge in [0, 0.05) is 17.6 Å². The number of para-hydroxylation sites is 1. The first kappa shape index (κ1) is 18.7. The highest BCUT2D eigenvalue weighted by molar-refractivity contribution is 6.06. The highest BCUT2D eigenvalue weighted by Crippen LogP contribution is 2.41. The lowest BCUT2D eigenvalue weighted by Gasteiger charge is -2.12. The van der Waals surface area contributed by atoms with Gasteiger partial charge in [0.05, 0.1) is 42.9 Å². The number of nitrogens with zero attached hydrogens (tertiary/aromatic N) is 1. The van der Waals surface area contributed by atoms with E-state index in [4.69, 9.17) is 9.47 Å². The van der Waals surface area contributed by atoms with Crippen LogP contribution in [0.3, 0.4) is 0 Å². The van der Waals surface area contributed by atoms with Gasteiger partial charge in [0.2, 0.25) is 11.8 Å². The van der Waals surface area contributed by atoms with Crippen molar-refractivity contribution in [3.05, 3.63) is 54.7 Å². The van der Waals surface area contributed by atoms with Crippen molar-refractivity contribution in [3.63, 3.8) is 0 Å². The molecule has 0 bridgehead atoms. The predicted octanol–water partition coefficient (Wildman–Crippen LogP) is 3.47. The zero-order chi connectivity index (χ0) is 20.4. The molecule has 2 atom stereocenters. The van der Waals surface area contributed by atoms with Gasteiger partial charge in [-0.05, 0) is 30.7 Å². The molecule has 1 fully saturated rings. The molecule has 4 rings (SSSR count). The lowest BCUT2D eigenvalue weighted by molar-refractivity contribution is -0.122. The van der Waals surface area contributed by atoms with Crippen LogP contribution in [-0.4, -0.2) is 31.0 Å². The van der Waals surface area contributed by atoms with Crippen molar-refractivity contribution in [1.29, 1.82) is 0 Å². The smallest absolute Gasteiger partial charge is 0.228 e. The fourth-order valence-electron chi connectivity index (χ4n) is 3.33. The van der Waals surface area contributed by atoms with E-state index in [0.717, 1.165) is 10.9 Å². The number of nitrogens with one attached hydrogen (secondary N) is 2. The number of hydrogen-bond acceptors (Lipinski definition) is 5. The lowest BCUT2D eigenvalue weighted by Crippen LogP contribution is -2.21. The fraction of sp³-hybridized carbons (Fsp3) is 0.227. The summed E-state index contributed by atoms with van der Waals surface area (Å²) in [5, 5.41) is 6.70. The number of benzene rings is 2. The first-order chi connectivity index (χ1) is 14.1. The molecule has 7 nitrogen and oxygen atoms in total. The first-order valence-electron chi connectivity index (χ1n) is 9.28. The third kappa shape index (κ3) is 3.85. The Morgan fingerprint density at radius 3 is 2.38 bits per heavy atom. The monoisotopic (exact) mass is 391 g/mol. The molecule has 1 aliphatic carbocycles. The van der Waals surface area contributed by atoms with E-state index in [-0.39, 0.29) is 23.7 Å². The minimum atomic E-state index is -0.371. The molecule has 0 spiro atoms. The van der Waals surface area contributed by atoms with Gasteiger partial charge < -0.3 is 20.1 Å². The second-order valence-electron chi connectivity index (χ2n) is 6.87. The summed E-state index contributed by atoms with van der Waals surface area (Å²) in [6, 6.07) is 14.6. The standard InChI is InChI=1S/C22H21N3O4/c1-28-14-8-9-17(19(11-14)29-2)24-21(26)15-12-16(15)22(27)25-18-7-3-5-13-6-4-10-23-20(13)18/h3-11,15-16H,12H2,1-2H3,(H,24,26)(H,25,27). The molecule has 7 heteroatoms. The largest absolute Gasteiger partial charge is 0.497 e. The van der Waals surface area contributed by atoms with Crippen LogP contribution in [0.15, 0.2) is 54.7 Å². The number of ether oxygens (including phenoxy) is 2. The summed E-state index contributed by atoms with van der Waals surface area (Å²) in [4.78, 5) is 29.6. The zero-order valence-corrected chi connectivity index (χ0v) is 16.1. The molecule has 2 unspecified atom stereocenters. The number of carbonyl (C=O) groups is 2. The van der Waals surface area contributed by atoms with E-state index < -0.39 is 0 Å². The molecule has 29 heavy (non-hydrogen) atoms. The maximum Gasteiger partial charge on any atom is 0.228 e. The van der Waals surface area contributed by atoms with Crippen molar-refractivity contribution in [1.82, 2.24) is 4.98 Å². The van der Waals surface area contributed by atoms with E-state index in [0.29, 0.717) is 29.3 Å². The Hall–Kier alpha value is -3.61. The van der Waals surface area contributed by atoms with Gasteiger partial charge in [0.25, 0.3) is 0 Å². The highest BCUT2D eigenvalue weighted by Gasteiger charge is 2.48. The number of aromatic nitrogens is 1. The van der Waals surface area contributed by atoms with Crippen molar-refractivity contribution < 1.29 is 19.1 Å². The maximum atomic E-state index is 12.6. The van der Waals surface area contributed by atoms with Crippen molar-refractivity contribution >= 4 is 34.1 Å². The molecule has 0 aliphatic heterocycles. The Kier molecular flexibility index (Phi) is 5.03. The molecule has 1 saturated carbocycles. The Morgan fingerprint density at radius 1 is 0.931 bits per heavy atom. The first-order valence-corrected chi connectivity index (χ1v) is 9.28. The average molecular weight is 391 g/mol. The summed E-state index contributed by atoms with van der Waals surface area (Å²) in [7, 11) is 3.09. The number of fused-ring (bicyclic) bond motifs is 1. The van der Waals surface area contributed by atoms with Gasteiger partial charge in [0.15, 0.2) is 0 Å². The minimum Gasteiger partial charge on any atom is -0.497 e. The van der Waals surface area contributed by atoms with Crippen LogP contribution in [0.5, 0.6) is 11.5 Å². The number of anilines is 2. The van der Waals surface area contributed by atoms with Crippen LogP contribution in [-0.2, 0) is 9.59 Å². The van der Waals surface area contributed by atoms with E-state index >= 15 is 0 Å². The molecule has 0 radical (unpaired) electrons. The van der Waals surface area contributed by atoms with Crippen LogP contribution < -0.4 is 20.1 Å². The van der Waals surface area contributed by atoms with Gasteiger partial charge in [-0.15, -0.1) is 0 Å². The average Bonchev–Trinajstić information content (AvgIpc) is 3.55. The third-order valence-corrected chi connectivity index (χ3v) is 5.02. The Bertz CT molecular complexity index is 1080. The van der Waals surface area contributed by atoms with Crippen LogP contribution >= 0.6 is 0 Å². The molecule has 3 aromatic rings. The molecule has 0 saturated heterocycles. The summed E-state index contributed by atoms with van der Waals surface area (Å²) in [5.41, 5.74) is 1.92. The molecular formula is C22H21N3O4. The van der Waals surface area contributed by atoms with Gasteiger partial charge in [-0.2, -0.15) is 0 Å². The van der Waals surface area contributed by atoms with Crippen LogP contribution in [0.4, 0.5) is 11.4 Å². The van der Waals surface area contributed by atoms with Crippen molar-refractivity contribution in [2.45, 2.75) is 6.42 Å². The van der Waals surface area contributed by atoms with Crippen molar-refractivity contribution in [3.8, 4) is 11.5 Å². The minimum absolute atomic E-state index is 0.176. The molecule has 2 aromatic carbocycles. The summed E-state index contributed by atoms with van der Waals surface area (Å²) in [6.45, 7) is 0. The number of methoxy groups -OCH3 is 2. The second-order valence-corrected chi connectivity index (χ2v) is 6.87. The molecule has 148 valence electrons. The van der Waals surface area contributed by atoms with Crippen LogP contribution in [0.2, 0.25) is 0 Å². The summed E-state index contributed by atoms with van der Waals surface area (Å²) in [6.07, 6.45) is 2.20. The Morgan fingerprint density at radius 2 is 1.66 bits per heavy atom. The predicted molar refractivity (Wildman–Crippen MR) is 110 cm³/mol. The van der Waals surface area contributed by atoms with Crippen LogP contribution in [0.1, 0.15) is 6.42 Å². The van der Waals surface area contributed by atoms with E-state index in [9.17, 15) is 9.59 Å². The molecule has 2 amide bonds. The van der Waals surface area contributed by atoms with Crippen molar-refractivity contribution in [2.24, 2.45) is 11.8 Å². The normalized spacial score (nSPS) is 17.4. The molecule has 2 N–H and O–H groups in total.